The fourth-order valence-corrected chi connectivity index (χ4v) is 2.07. The van der Waals surface area contributed by atoms with Gasteiger partial charge in [-0.1, -0.05) is 30.3 Å². The molecule has 0 saturated carbocycles. The number of likely N-dealkylation sites (tertiary alicyclic amines) is 1. The Kier molecular flexibility index (Phi) is 4.59. The number of hydrogen-bond donors (Lipinski definition) is 1. The number of carbonyl (C=O) groups excluding carboxylic acids is 1. The van der Waals surface area contributed by atoms with Crippen LogP contribution in [0.4, 0.5) is 4.79 Å². The third-order valence-electron chi connectivity index (χ3n) is 3.16. The zero-order chi connectivity index (χ0) is 12.8. The van der Waals surface area contributed by atoms with E-state index in [1.165, 1.54) is 0 Å². The molecule has 0 spiro atoms. The van der Waals surface area contributed by atoms with Gasteiger partial charge in [0.25, 0.3) is 0 Å². The van der Waals surface area contributed by atoms with Gasteiger partial charge in [0.15, 0.2) is 0 Å². The van der Waals surface area contributed by atoms with E-state index in [1.807, 2.05) is 30.3 Å². The lowest BCUT2D eigenvalue weighted by Crippen LogP contribution is -2.32. The maximum absolute atomic E-state index is 11.9. The minimum absolute atomic E-state index is 0.281. The number of ether oxygens (including phenoxy) is 1. The van der Waals surface area contributed by atoms with Crippen LogP contribution < -0.4 is 0 Å². The van der Waals surface area contributed by atoms with Crippen LogP contribution >= 0.6 is 0 Å². The molecule has 1 aliphatic rings. The van der Waals surface area contributed by atoms with E-state index < -0.39 is 0 Å². The number of aliphatic hydroxyl groups excluding tert-OH is 1. The second kappa shape index (κ2) is 6.40. The summed E-state index contributed by atoms with van der Waals surface area (Å²) < 4.78 is 5.26. The summed E-state index contributed by atoms with van der Waals surface area (Å²) in [7, 11) is 0. The van der Waals surface area contributed by atoms with Crippen molar-refractivity contribution in [1.82, 2.24) is 4.90 Å². The molecule has 1 saturated heterocycles. The normalized spacial score (nSPS) is 20.3. The fourth-order valence-electron chi connectivity index (χ4n) is 2.07. The molecule has 18 heavy (non-hydrogen) atoms. The van der Waals surface area contributed by atoms with E-state index in [9.17, 15) is 9.90 Å². The molecule has 0 aliphatic carbocycles. The Morgan fingerprint density at radius 2 is 2.06 bits per heavy atom. The Labute approximate surface area is 107 Å². The van der Waals surface area contributed by atoms with Gasteiger partial charge in [-0.3, -0.25) is 0 Å². The molecule has 1 fully saturated rings. The first-order valence-electron chi connectivity index (χ1n) is 6.39. The Morgan fingerprint density at radius 1 is 1.28 bits per heavy atom. The molecule has 0 unspecified atom stereocenters. The van der Waals surface area contributed by atoms with Crippen molar-refractivity contribution >= 4 is 6.09 Å². The second-order valence-corrected chi connectivity index (χ2v) is 4.61. The Bertz CT molecular complexity index is 380. The first kappa shape index (κ1) is 12.9. The molecule has 0 bridgehead atoms. The quantitative estimate of drug-likeness (QED) is 0.874. The highest BCUT2D eigenvalue weighted by Gasteiger charge is 2.20. The van der Waals surface area contributed by atoms with Gasteiger partial charge in [0.05, 0.1) is 6.10 Å². The minimum atomic E-state index is -0.284. The Balaban J connectivity index is 1.80. The number of nitrogens with zero attached hydrogens (tertiary/aromatic N) is 1. The van der Waals surface area contributed by atoms with Gasteiger partial charge in [-0.15, -0.1) is 0 Å². The molecule has 4 nitrogen and oxygen atoms in total. The van der Waals surface area contributed by atoms with Crippen LogP contribution in [0.5, 0.6) is 0 Å². The summed E-state index contributed by atoms with van der Waals surface area (Å²) in [5.41, 5.74) is 0.987. The van der Waals surface area contributed by atoms with Crippen molar-refractivity contribution in [3.8, 4) is 0 Å². The first-order valence-corrected chi connectivity index (χ1v) is 6.39. The average Bonchev–Trinajstić information content (AvgIpc) is 2.62. The van der Waals surface area contributed by atoms with Crippen LogP contribution in [0.1, 0.15) is 24.8 Å². The van der Waals surface area contributed by atoms with Gasteiger partial charge in [0.1, 0.15) is 6.61 Å². The summed E-state index contributed by atoms with van der Waals surface area (Å²) in [6.45, 7) is 1.55. The standard InChI is InChI=1S/C14H19NO3/c16-13-7-4-9-15(10-8-13)14(17)18-11-12-5-2-1-3-6-12/h1-3,5-6,13,16H,4,7-11H2/t13-/m0/s1. The zero-order valence-corrected chi connectivity index (χ0v) is 10.4. The number of hydrogen-bond acceptors (Lipinski definition) is 3. The molecule has 0 radical (unpaired) electrons. The molecule has 4 heteroatoms. The van der Waals surface area contributed by atoms with Crippen molar-refractivity contribution in [1.29, 1.82) is 0 Å². The van der Waals surface area contributed by atoms with Crippen LogP contribution in [0, 0.1) is 0 Å². The highest BCUT2D eigenvalue weighted by atomic mass is 16.6. The lowest BCUT2D eigenvalue weighted by atomic mass is 10.2. The van der Waals surface area contributed by atoms with Crippen LogP contribution in [0.3, 0.4) is 0 Å². The maximum Gasteiger partial charge on any atom is 0.410 e. The molecular weight excluding hydrogens is 230 g/mol. The lowest BCUT2D eigenvalue weighted by Gasteiger charge is -2.19. The third-order valence-corrected chi connectivity index (χ3v) is 3.16. The molecule has 1 N–H and O–H groups in total. The molecule has 1 heterocycles. The predicted molar refractivity (Wildman–Crippen MR) is 68.1 cm³/mol. The van der Waals surface area contributed by atoms with Crippen LogP contribution in [0.25, 0.3) is 0 Å². The van der Waals surface area contributed by atoms with Gasteiger partial charge < -0.3 is 14.7 Å². The summed E-state index contributed by atoms with van der Waals surface area (Å²) in [6.07, 6.45) is 1.68. The minimum Gasteiger partial charge on any atom is -0.445 e. The third kappa shape index (κ3) is 3.74. The van der Waals surface area contributed by atoms with Gasteiger partial charge in [-0.2, -0.15) is 0 Å². The second-order valence-electron chi connectivity index (χ2n) is 4.61. The molecule has 1 aliphatic heterocycles. The number of carbonyl (C=O) groups is 1. The van der Waals surface area contributed by atoms with Gasteiger partial charge in [0, 0.05) is 13.1 Å². The highest BCUT2D eigenvalue weighted by Crippen LogP contribution is 2.12. The molecular formula is C14H19NO3. The van der Waals surface area contributed by atoms with Crippen molar-refractivity contribution in [2.24, 2.45) is 0 Å². The lowest BCUT2D eigenvalue weighted by molar-refractivity contribution is 0.0949. The molecule has 0 aromatic heterocycles. The monoisotopic (exact) mass is 249 g/mol. The van der Waals surface area contributed by atoms with Crippen LogP contribution in [0.2, 0.25) is 0 Å². The maximum atomic E-state index is 11.9. The van der Waals surface area contributed by atoms with Crippen LogP contribution in [0.15, 0.2) is 30.3 Å². The zero-order valence-electron chi connectivity index (χ0n) is 10.4. The van der Waals surface area contributed by atoms with Crippen LogP contribution in [-0.2, 0) is 11.3 Å². The van der Waals surface area contributed by atoms with Crippen molar-refractivity contribution in [2.45, 2.75) is 32.0 Å². The van der Waals surface area contributed by atoms with Crippen molar-refractivity contribution in [3.63, 3.8) is 0 Å². The van der Waals surface area contributed by atoms with Crippen molar-refractivity contribution in [3.05, 3.63) is 35.9 Å². The molecule has 98 valence electrons. The Hall–Kier alpha value is -1.55. The molecule has 2 rings (SSSR count). The average molecular weight is 249 g/mol. The summed E-state index contributed by atoms with van der Waals surface area (Å²) in [4.78, 5) is 13.5. The molecule has 1 aromatic carbocycles. The smallest absolute Gasteiger partial charge is 0.410 e. The summed E-state index contributed by atoms with van der Waals surface area (Å²) in [6, 6.07) is 9.64. The number of benzene rings is 1. The van der Waals surface area contributed by atoms with E-state index in [-0.39, 0.29) is 12.2 Å². The molecule has 1 aromatic rings. The van der Waals surface area contributed by atoms with Gasteiger partial charge >= 0.3 is 6.09 Å². The predicted octanol–water partition coefficient (Wildman–Crippen LogP) is 2.17. The number of aliphatic hydroxyl groups is 1. The van der Waals surface area contributed by atoms with E-state index in [2.05, 4.69) is 0 Å². The van der Waals surface area contributed by atoms with Gasteiger partial charge in [-0.25, -0.2) is 4.79 Å². The SMILES string of the molecule is O=C(OCc1ccccc1)N1CCC[C@H](O)CC1. The molecule has 1 amide bonds. The van der Waals surface area contributed by atoms with Crippen molar-refractivity contribution in [2.75, 3.05) is 13.1 Å². The molecule has 1 atom stereocenters. The topological polar surface area (TPSA) is 49.8 Å². The van der Waals surface area contributed by atoms with E-state index >= 15 is 0 Å². The first-order chi connectivity index (χ1) is 8.75. The number of rotatable bonds is 2. The van der Waals surface area contributed by atoms with E-state index in [1.54, 1.807) is 4.90 Å². The fraction of sp³-hybridized carbons (Fsp3) is 0.500. The van der Waals surface area contributed by atoms with Crippen LogP contribution in [-0.4, -0.2) is 35.3 Å². The highest BCUT2D eigenvalue weighted by molar-refractivity contribution is 5.67. The number of amides is 1. The summed E-state index contributed by atoms with van der Waals surface area (Å²) >= 11 is 0. The Morgan fingerprint density at radius 3 is 2.83 bits per heavy atom. The largest absolute Gasteiger partial charge is 0.445 e. The van der Waals surface area contributed by atoms with Gasteiger partial charge in [-0.05, 0) is 24.8 Å². The summed E-state index contributed by atoms with van der Waals surface area (Å²) in [5.74, 6) is 0. The van der Waals surface area contributed by atoms with Crippen molar-refractivity contribution < 1.29 is 14.6 Å². The van der Waals surface area contributed by atoms with Gasteiger partial charge in [0.2, 0.25) is 0 Å². The van der Waals surface area contributed by atoms with E-state index in [0.717, 1.165) is 18.4 Å². The summed E-state index contributed by atoms with van der Waals surface area (Å²) in [5, 5.41) is 9.52. The van der Waals surface area contributed by atoms with E-state index in [4.69, 9.17) is 4.74 Å². The van der Waals surface area contributed by atoms with E-state index in [0.29, 0.717) is 26.1 Å².